The van der Waals surface area contributed by atoms with Crippen molar-refractivity contribution in [1.29, 1.82) is 0 Å². The van der Waals surface area contributed by atoms with Crippen molar-refractivity contribution in [2.75, 3.05) is 14.2 Å². The molecule has 1 aliphatic carbocycles. The third kappa shape index (κ3) is 1.78. The molecule has 4 nitrogen and oxygen atoms in total. The number of hydrogen-bond donors (Lipinski definition) is 0. The predicted octanol–water partition coefficient (Wildman–Crippen LogP) is 2.83. The highest BCUT2D eigenvalue weighted by Gasteiger charge is 2.28. The van der Waals surface area contributed by atoms with E-state index in [0.717, 1.165) is 28.0 Å². The van der Waals surface area contributed by atoms with Crippen molar-refractivity contribution >= 4 is 10.9 Å². The van der Waals surface area contributed by atoms with Crippen molar-refractivity contribution in [2.24, 2.45) is 0 Å². The second kappa shape index (κ2) is 4.12. The van der Waals surface area contributed by atoms with Crippen molar-refractivity contribution in [3.05, 3.63) is 23.5 Å². The van der Waals surface area contributed by atoms with Crippen LogP contribution in [0.25, 0.3) is 10.9 Å². The lowest BCUT2D eigenvalue weighted by atomic mass is 10.1. The van der Waals surface area contributed by atoms with E-state index in [1.165, 1.54) is 12.8 Å². The molecule has 0 spiro atoms. The van der Waals surface area contributed by atoms with Gasteiger partial charge in [-0.25, -0.2) is 4.98 Å². The molecule has 1 aliphatic rings. The molecule has 0 atom stereocenters. The summed E-state index contributed by atoms with van der Waals surface area (Å²) in [4.78, 5) is 9.13. The minimum Gasteiger partial charge on any atom is -0.496 e. The summed E-state index contributed by atoms with van der Waals surface area (Å²) in [5.41, 5.74) is 2.01. The molecular formula is C14H16N2O2. The molecule has 1 heterocycles. The first-order valence-corrected chi connectivity index (χ1v) is 6.13. The van der Waals surface area contributed by atoms with Gasteiger partial charge in [0.15, 0.2) is 0 Å². The highest BCUT2D eigenvalue weighted by Crippen LogP contribution is 2.40. The zero-order chi connectivity index (χ0) is 12.7. The van der Waals surface area contributed by atoms with E-state index >= 15 is 0 Å². The Balaban J connectivity index is 2.25. The lowest BCUT2D eigenvalue weighted by Crippen LogP contribution is -1.99. The van der Waals surface area contributed by atoms with E-state index in [0.29, 0.717) is 11.8 Å². The summed E-state index contributed by atoms with van der Waals surface area (Å²) in [5, 5.41) is 0.907. The van der Waals surface area contributed by atoms with Gasteiger partial charge >= 0.3 is 0 Å². The normalized spacial score (nSPS) is 14.8. The lowest BCUT2D eigenvalue weighted by molar-refractivity contribution is 0.398. The quantitative estimate of drug-likeness (QED) is 0.832. The van der Waals surface area contributed by atoms with Crippen molar-refractivity contribution in [1.82, 2.24) is 9.97 Å². The van der Waals surface area contributed by atoms with E-state index in [1.807, 2.05) is 19.1 Å². The average Bonchev–Trinajstić information content (AvgIpc) is 3.20. The van der Waals surface area contributed by atoms with E-state index in [9.17, 15) is 0 Å². The van der Waals surface area contributed by atoms with Crippen LogP contribution < -0.4 is 9.47 Å². The van der Waals surface area contributed by atoms with E-state index < -0.39 is 0 Å². The van der Waals surface area contributed by atoms with Gasteiger partial charge in [0, 0.05) is 5.92 Å². The number of aromatic nitrogens is 2. The number of aryl methyl sites for hydroxylation is 1. The Morgan fingerprint density at radius 1 is 1.11 bits per heavy atom. The minimum atomic E-state index is 0.519. The topological polar surface area (TPSA) is 44.2 Å². The Hall–Kier alpha value is -1.84. The van der Waals surface area contributed by atoms with Crippen molar-refractivity contribution in [3.63, 3.8) is 0 Å². The van der Waals surface area contributed by atoms with E-state index in [4.69, 9.17) is 9.47 Å². The maximum absolute atomic E-state index is 5.38. The van der Waals surface area contributed by atoms with E-state index in [2.05, 4.69) is 9.97 Å². The van der Waals surface area contributed by atoms with Gasteiger partial charge in [-0.05, 0) is 37.5 Å². The van der Waals surface area contributed by atoms with Crippen LogP contribution in [-0.4, -0.2) is 24.2 Å². The first-order valence-electron chi connectivity index (χ1n) is 6.13. The molecule has 1 saturated carbocycles. The van der Waals surface area contributed by atoms with Gasteiger partial charge in [0.25, 0.3) is 0 Å². The van der Waals surface area contributed by atoms with Gasteiger partial charge in [0.2, 0.25) is 5.88 Å². The highest BCUT2D eigenvalue weighted by molar-refractivity contribution is 5.86. The summed E-state index contributed by atoms with van der Waals surface area (Å²) >= 11 is 0. The molecule has 4 heteroatoms. The van der Waals surface area contributed by atoms with Gasteiger partial charge in [-0.2, -0.15) is 4.98 Å². The smallest absolute Gasteiger partial charge is 0.224 e. The summed E-state index contributed by atoms with van der Waals surface area (Å²) in [6, 6.07) is 3.98. The van der Waals surface area contributed by atoms with Crippen LogP contribution in [0.2, 0.25) is 0 Å². The maximum atomic E-state index is 5.38. The van der Waals surface area contributed by atoms with Crippen LogP contribution in [0.15, 0.2) is 12.1 Å². The van der Waals surface area contributed by atoms with Crippen LogP contribution in [0.4, 0.5) is 0 Å². The number of nitrogens with zero attached hydrogens (tertiary/aromatic N) is 2. The molecule has 94 valence electrons. The number of methoxy groups -OCH3 is 2. The summed E-state index contributed by atoms with van der Waals surface area (Å²) in [5.74, 6) is 2.90. The third-order valence-corrected chi connectivity index (χ3v) is 3.33. The van der Waals surface area contributed by atoms with Crippen LogP contribution >= 0.6 is 0 Å². The molecule has 0 N–H and O–H groups in total. The Labute approximate surface area is 106 Å². The number of ether oxygens (including phenoxy) is 2. The molecule has 0 saturated heterocycles. The summed E-state index contributed by atoms with van der Waals surface area (Å²) in [7, 11) is 3.31. The van der Waals surface area contributed by atoms with Gasteiger partial charge in [-0.1, -0.05) is 0 Å². The van der Waals surface area contributed by atoms with Crippen LogP contribution in [0.1, 0.15) is 30.1 Å². The predicted molar refractivity (Wildman–Crippen MR) is 69.4 cm³/mol. The molecule has 0 radical (unpaired) electrons. The molecule has 1 fully saturated rings. The fraction of sp³-hybridized carbons (Fsp3) is 0.429. The zero-order valence-electron chi connectivity index (χ0n) is 10.9. The standard InChI is InChI=1S/C14H16N2O2/c1-8-6-11-10(7-12(8)17-2)14(18-3)16-13(15-11)9-4-5-9/h6-7,9H,4-5H2,1-3H3. The first kappa shape index (κ1) is 11.3. The largest absolute Gasteiger partial charge is 0.496 e. The molecule has 3 rings (SSSR count). The Morgan fingerprint density at radius 2 is 1.89 bits per heavy atom. The molecule has 2 aromatic rings. The molecule has 1 aromatic heterocycles. The fourth-order valence-corrected chi connectivity index (χ4v) is 2.15. The van der Waals surface area contributed by atoms with Crippen LogP contribution in [0.3, 0.4) is 0 Å². The Bertz CT molecular complexity index is 606. The lowest BCUT2D eigenvalue weighted by Gasteiger charge is -2.10. The molecule has 0 aliphatic heterocycles. The molecule has 0 bridgehead atoms. The molecule has 0 unspecified atom stereocenters. The first-order chi connectivity index (χ1) is 8.72. The second-order valence-electron chi connectivity index (χ2n) is 4.70. The van der Waals surface area contributed by atoms with Gasteiger partial charge in [-0.3, -0.25) is 0 Å². The Morgan fingerprint density at radius 3 is 2.50 bits per heavy atom. The van der Waals surface area contributed by atoms with Crippen LogP contribution in [0, 0.1) is 6.92 Å². The molecule has 18 heavy (non-hydrogen) atoms. The summed E-state index contributed by atoms with van der Waals surface area (Å²) < 4.78 is 10.7. The van der Waals surface area contributed by atoms with Crippen molar-refractivity contribution in [2.45, 2.75) is 25.7 Å². The van der Waals surface area contributed by atoms with Crippen molar-refractivity contribution in [3.8, 4) is 11.6 Å². The summed E-state index contributed by atoms with van der Waals surface area (Å²) in [6.07, 6.45) is 2.37. The van der Waals surface area contributed by atoms with Gasteiger partial charge in [0.1, 0.15) is 11.6 Å². The van der Waals surface area contributed by atoms with Crippen LogP contribution in [-0.2, 0) is 0 Å². The average molecular weight is 244 g/mol. The highest BCUT2D eigenvalue weighted by atomic mass is 16.5. The van der Waals surface area contributed by atoms with E-state index in [-0.39, 0.29) is 0 Å². The van der Waals surface area contributed by atoms with E-state index in [1.54, 1.807) is 14.2 Å². The Kier molecular flexibility index (Phi) is 2.58. The zero-order valence-corrected chi connectivity index (χ0v) is 10.9. The third-order valence-electron chi connectivity index (χ3n) is 3.33. The second-order valence-corrected chi connectivity index (χ2v) is 4.70. The maximum Gasteiger partial charge on any atom is 0.224 e. The van der Waals surface area contributed by atoms with Gasteiger partial charge in [-0.15, -0.1) is 0 Å². The number of hydrogen-bond acceptors (Lipinski definition) is 4. The molecule has 0 amide bonds. The van der Waals surface area contributed by atoms with Gasteiger partial charge < -0.3 is 9.47 Å². The SMILES string of the molecule is COc1cc2c(OC)nc(C3CC3)nc2cc1C. The molecule has 1 aromatic carbocycles. The number of benzene rings is 1. The van der Waals surface area contributed by atoms with Crippen LogP contribution in [0.5, 0.6) is 11.6 Å². The van der Waals surface area contributed by atoms with Crippen molar-refractivity contribution < 1.29 is 9.47 Å². The fourth-order valence-electron chi connectivity index (χ4n) is 2.15. The van der Waals surface area contributed by atoms with Gasteiger partial charge in [0.05, 0.1) is 25.1 Å². The minimum absolute atomic E-state index is 0.519. The number of fused-ring (bicyclic) bond motifs is 1. The monoisotopic (exact) mass is 244 g/mol. The summed E-state index contributed by atoms with van der Waals surface area (Å²) in [6.45, 7) is 2.02. The molecular weight excluding hydrogens is 228 g/mol. The number of rotatable bonds is 3.